The van der Waals surface area contributed by atoms with Gasteiger partial charge in [0.25, 0.3) is 5.91 Å². The number of carbonyl (C=O) groups excluding carboxylic acids is 1. The van der Waals surface area contributed by atoms with E-state index in [0.29, 0.717) is 23.6 Å². The van der Waals surface area contributed by atoms with E-state index in [0.717, 1.165) is 16.7 Å². The van der Waals surface area contributed by atoms with Crippen molar-refractivity contribution in [1.29, 1.82) is 0 Å². The number of rotatable bonds is 6. The van der Waals surface area contributed by atoms with Crippen molar-refractivity contribution in [3.8, 4) is 22.6 Å². The third-order valence-corrected chi connectivity index (χ3v) is 4.43. The summed E-state index contributed by atoms with van der Waals surface area (Å²) in [5.41, 5.74) is 3.52. The normalized spacial score (nSPS) is 10.3. The van der Waals surface area contributed by atoms with Gasteiger partial charge in [-0.3, -0.25) is 9.78 Å². The van der Waals surface area contributed by atoms with E-state index in [1.807, 2.05) is 23.7 Å². The van der Waals surface area contributed by atoms with Gasteiger partial charge >= 0.3 is 0 Å². The fraction of sp³-hybridized carbons (Fsp3) is 0.158. The molecular weight excluding hydrogens is 336 g/mol. The van der Waals surface area contributed by atoms with Crippen molar-refractivity contribution in [2.75, 3.05) is 14.2 Å². The first kappa shape index (κ1) is 17.0. The molecule has 0 spiro atoms. The van der Waals surface area contributed by atoms with Crippen LogP contribution in [0, 0.1) is 0 Å². The summed E-state index contributed by atoms with van der Waals surface area (Å²) in [6.45, 7) is 0.379. The van der Waals surface area contributed by atoms with E-state index in [2.05, 4.69) is 15.7 Å². The number of amides is 1. The van der Waals surface area contributed by atoms with Gasteiger partial charge in [0.15, 0.2) is 11.5 Å². The largest absolute Gasteiger partial charge is 0.493 e. The second kappa shape index (κ2) is 7.81. The molecule has 0 aliphatic carbocycles. The smallest absolute Gasteiger partial charge is 0.255 e. The molecule has 0 saturated carbocycles. The highest BCUT2D eigenvalue weighted by Crippen LogP contribution is 2.30. The molecule has 0 radical (unpaired) electrons. The van der Waals surface area contributed by atoms with Gasteiger partial charge in [0, 0.05) is 24.5 Å². The Bertz CT molecular complexity index is 863. The van der Waals surface area contributed by atoms with Crippen LogP contribution in [0.2, 0.25) is 0 Å². The number of aromatic nitrogens is 1. The Morgan fingerprint density at radius 2 is 2.04 bits per heavy atom. The van der Waals surface area contributed by atoms with E-state index >= 15 is 0 Å². The fourth-order valence-electron chi connectivity index (χ4n) is 2.51. The summed E-state index contributed by atoms with van der Waals surface area (Å²) in [6.07, 6.45) is 3.57. The molecule has 0 atom stereocenters. The van der Waals surface area contributed by atoms with Crippen molar-refractivity contribution in [2.45, 2.75) is 6.54 Å². The minimum Gasteiger partial charge on any atom is -0.493 e. The summed E-state index contributed by atoms with van der Waals surface area (Å²) < 4.78 is 10.5. The van der Waals surface area contributed by atoms with Crippen molar-refractivity contribution in [3.63, 3.8) is 0 Å². The van der Waals surface area contributed by atoms with Crippen LogP contribution in [0.1, 0.15) is 15.9 Å². The Labute approximate surface area is 150 Å². The zero-order valence-corrected chi connectivity index (χ0v) is 14.8. The zero-order valence-electron chi connectivity index (χ0n) is 14.0. The third-order valence-electron chi connectivity index (χ3n) is 3.75. The zero-order chi connectivity index (χ0) is 17.6. The third kappa shape index (κ3) is 3.80. The molecule has 2 heterocycles. The lowest BCUT2D eigenvalue weighted by Gasteiger charge is -2.12. The summed E-state index contributed by atoms with van der Waals surface area (Å²) in [7, 11) is 3.06. The van der Waals surface area contributed by atoms with Crippen LogP contribution in [0.5, 0.6) is 11.5 Å². The van der Waals surface area contributed by atoms with Gasteiger partial charge in [-0.2, -0.15) is 11.3 Å². The lowest BCUT2D eigenvalue weighted by Crippen LogP contribution is -2.23. The molecule has 0 aliphatic heterocycles. The number of hydrogen-bond acceptors (Lipinski definition) is 5. The molecule has 0 bridgehead atoms. The quantitative estimate of drug-likeness (QED) is 0.732. The molecular formula is C19H18N2O3S. The molecule has 5 nitrogen and oxygen atoms in total. The first-order chi connectivity index (χ1) is 12.2. The molecule has 0 saturated heterocycles. The van der Waals surface area contributed by atoms with E-state index < -0.39 is 0 Å². The number of carbonyl (C=O) groups is 1. The molecule has 3 aromatic rings. The van der Waals surface area contributed by atoms with Crippen molar-refractivity contribution in [3.05, 3.63) is 64.6 Å². The van der Waals surface area contributed by atoms with Gasteiger partial charge in [0.1, 0.15) is 0 Å². The van der Waals surface area contributed by atoms with Crippen LogP contribution in [-0.2, 0) is 6.54 Å². The highest BCUT2D eigenvalue weighted by atomic mass is 32.1. The number of pyridine rings is 1. The summed E-state index contributed by atoms with van der Waals surface area (Å²) >= 11 is 1.64. The number of para-hydroxylation sites is 1. The van der Waals surface area contributed by atoms with E-state index in [-0.39, 0.29) is 5.91 Å². The average molecular weight is 354 g/mol. The Hall–Kier alpha value is -2.86. The maximum absolute atomic E-state index is 12.5. The minimum absolute atomic E-state index is 0.225. The molecule has 0 fully saturated rings. The highest BCUT2D eigenvalue weighted by Gasteiger charge is 2.16. The van der Waals surface area contributed by atoms with Gasteiger partial charge in [0.2, 0.25) is 0 Å². The van der Waals surface area contributed by atoms with Gasteiger partial charge in [-0.05, 0) is 46.2 Å². The number of nitrogens with one attached hydrogen (secondary N) is 1. The highest BCUT2D eigenvalue weighted by molar-refractivity contribution is 7.08. The van der Waals surface area contributed by atoms with Gasteiger partial charge in [-0.1, -0.05) is 6.07 Å². The van der Waals surface area contributed by atoms with Gasteiger partial charge in [-0.25, -0.2) is 0 Å². The molecule has 1 aromatic carbocycles. The van der Waals surface area contributed by atoms with Gasteiger partial charge < -0.3 is 14.8 Å². The number of methoxy groups -OCH3 is 2. The predicted molar refractivity (Wildman–Crippen MR) is 98.3 cm³/mol. The van der Waals surface area contributed by atoms with Crippen LogP contribution in [0.25, 0.3) is 11.1 Å². The Morgan fingerprint density at radius 1 is 1.16 bits per heavy atom. The van der Waals surface area contributed by atoms with Gasteiger partial charge in [-0.15, -0.1) is 0 Å². The number of benzene rings is 1. The Morgan fingerprint density at radius 3 is 2.76 bits per heavy atom. The molecule has 2 aromatic heterocycles. The second-order valence-electron chi connectivity index (χ2n) is 5.32. The lowest BCUT2D eigenvalue weighted by atomic mass is 10.1. The molecule has 128 valence electrons. The number of nitrogens with zero attached hydrogens (tertiary/aromatic N) is 1. The monoisotopic (exact) mass is 354 g/mol. The van der Waals surface area contributed by atoms with Crippen molar-refractivity contribution in [2.24, 2.45) is 0 Å². The van der Waals surface area contributed by atoms with Crippen LogP contribution in [0.3, 0.4) is 0 Å². The maximum Gasteiger partial charge on any atom is 0.255 e. The summed E-state index contributed by atoms with van der Waals surface area (Å²) in [6, 6.07) is 9.29. The summed E-state index contributed by atoms with van der Waals surface area (Å²) in [5.74, 6) is 0.723. The second-order valence-corrected chi connectivity index (χ2v) is 6.10. The van der Waals surface area contributed by atoms with Crippen molar-refractivity contribution in [1.82, 2.24) is 10.3 Å². The van der Waals surface area contributed by atoms with Crippen LogP contribution < -0.4 is 14.8 Å². The van der Waals surface area contributed by atoms with E-state index in [1.165, 1.54) is 7.11 Å². The maximum atomic E-state index is 12.5. The fourth-order valence-corrected chi connectivity index (χ4v) is 3.18. The number of ether oxygens (including phenoxy) is 2. The minimum atomic E-state index is -0.225. The first-order valence-electron chi connectivity index (χ1n) is 7.68. The summed E-state index contributed by atoms with van der Waals surface area (Å²) in [4.78, 5) is 16.8. The molecule has 25 heavy (non-hydrogen) atoms. The molecule has 6 heteroatoms. The van der Waals surface area contributed by atoms with Crippen molar-refractivity contribution >= 4 is 17.2 Å². The topological polar surface area (TPSA) is 60.5 Å². The number of thiophene rings is 1. The SMILES string of the molecule is COc1cccc(C(=O)NCc2cncc(-c3ccsc3)c2)c1OC. The summed E-state index contributed by atoms with van der Waals surface area (Å²) in [5, 5.41) is 7.00. The lowest BCUT2D eigenvalue weighted by molar-refractivity contribution is 0.0947. The molecule has 1 amide bonds. The van der Waals surface area contributed by atoms with Crippen molar-refractivity contribution < 1.29 is 14.3 Å². The molecule has 1 N–H and O–H groups in total. The number of hydrogen-bond donors (Lipinski definition) is 1. The molecule has 3 rings (SSSR count). The molecule has 0 aliphatic rings. The van der Waals surface area contributed by atoms with Crippen LogP contribution in [0.15, 0.2) is 53.5 Å². The van der Waals surface area contributed by atoms with E-state index in [9.17, 15) is 4.79 Å². The Kier molecular flexibility index (Phi) is 5.30. The van der Waals surface area contributed by atoms with Crippen LogP contribution in [-0.4, -0.2) is 25.1 Å². The van der Waals surface area contributed by atoms with E-state index in [1.54, 1.807) is 42.8 Å². The first-order valence-corrected chi connectivity index (χ1v) is 8.63. The molecule has 0 unspecified atom stereocenters. The predicted octanol–water partition coefficient (Wildman–Crippen LogP) is 3.76. The van der Waals surface area contributed by atoms with Crippen LogP contribution in [0.4, 0.5) is 0 Å². The Balaban J connectivity index is 1.74. The average Bonchev–Trinajstić information content (AvgIpc) is 3.20. The standard InChI is InChI=1S/C19H18N2O3S/c1-23-17-5-3-4-16(18(17)24-2)19(22)21-10-13-8-15(11-20-9-13)14-6-7-25-12-14/h3-9,11-12H,10H2,1-2H3,(H,21,22). The van der Waals surface area contributed by atoms with Crippen LogP contribution >= 0.6 is 11.3 Å². The van der Waals surface area contributed by atoms with E-state index in [4.69, 9.17) is 9.47 Å². The van der Waals surface area contributed by atoms with Gasteiger partial charge in [0.05, 0.1) is 19.8 Å².